The fourth-order valence-corrected chi connectivity index (χ4v) is 1.69. The molecule has 0 radical (unpaired) electrons. The molecule has 0 saturated heterocycles. The summed E-state index contributed by atoms with van der Waals surface area (Å²) >= 11 is 0. The largest absolute Gasteiger partial charge is 0.453 e. The SMILES string of the molecule is [2H]c1c(-c2ccc(C#N)cn2)oc(-c2ccc(C#N)cn2)c1[2H]. The number of rotatable bonds is 2. The highest BCUT2D eigenvalue weighted by molar-refractivity contribution is 5.60. The van der Waals surface area contributed by atoms with Crippen LogP contribution >= 0.6 is 0 Å². The van der Waals surface area contributed by atoms with Gasteiger partial charge in [-0.15, -0.1) is 0 Å². The van der Waals surface area contributed by atoms with Gasteiger partial charge in [-0.2, -0.15) is 10.5 Å². The van der Waals surface area contributed by atoms with Crippen LogP contribution in [-0.2, 0) is 0 Å². The van der Waals surface area contributed by atoms with Crippen molar-refractivity contribution in [1.82, 2.24) is 9.97 Å². The van der Waals surface area contributed by atoms with Crippen LogP contribution < -0.4 is 0 Å². The molecule has 5 nitrogen and oxygen atoms in total. The van der Waals surface area contributed by atoms with Crippen LogP contribution in [0.5, 0.6) is 0 Å². The van der Waals surface area contributed by atoms with E-state index in [2.05, 4.69) is 9.97 Å². The minimum atomic E-state index is -0.108. The summed E-state index contributed by atoms with van der Waals surface area (Å²) in [5, 5.41) is 17.6. The lowest BCUT2D eigenvalue weighted by Gasteiger charge is -1.97. The van der Waals surface area contributed by atoms with Gasteiger partial charge in [-0.1, -0.05) is 0 Å². The zero-order chi connectivity index (χ0) is 16.4. The average Bonchev–Trinajstić information content (AvgIpc) is 2.91. The Labute approximate surface area is 123 Å². The van der Waals surface area contributed by atoms with Gasteiger partial charge in [0.05, 0.1) is 13.9 Å². The predicted octanol–water partition coefficient (Wildman–Crippen LogP) is 3.15. The lowest BCUT2D eigenvalue weighted by Crippen LogP contribution is -1.83. The van der Waals surface area contributed by atoms with Crippen molar-refractivity contribution in [3.8, 4) is 35.0 Å². The Morgan fingerprint density at radius 3 is 1.67 bits per heavy atom. The van der Waals surface area contributed by atoms with Gasteiger partial charge in [-0.05, 0) is 36.4 Å². The van der Waals surface area contributed by atoms with E-state index in [0.29, 0.717) is 22.5 Å². The number of aromatic nitrogens is 2. The Morgan fingerprint density at radius 2 is 1.33 bits per heavy atom. The summed E-state index contributed by atoms with van der Waals surface area (Å²) in [6, 6.07) is 9.95. The second kappa shape index (κ2) is 5.28. The molecule has 0 bridgehead atoms. The second-order valence-corrected chi connectivity index (χ2v) is 4.10. The van der Waals surface area contributed by atoms with Crippen molar-refractivity contribution in [2.24, 2.45) is 0 Å². The summed E-state index contributed by atoms with van der Waals surface area (Å²) < 4.78 is 21.6. The lowest BCUT2D eigenvalue weighted by atomic mass is 10.2. The van der Waals surface area contributed by atoms with Crippen molar-refractivity contribution in [3.05, 3.63) is 59.9 Å². The monoisotopic (exact) mass is 274 g/mol. The van der Waals surface area contributed by atoms with Crippen LogP contribution in [0.1, 0.15) is 13.9 Å². The molecule has 0 aliphatic heterocycles. The molecule has 98 valence electrons. The zero-order valence-electron chi connectivity index (χ0n) is 12.7. The number of nitriles is 2. The van der Waals surface area contributed by atoms with Crippen LogP contribution in [0.25, 0.3) is 22.9 Å². The predicted molar refractivity (Wildman–Crippen MR) is 74.6 cm³/mol. The summed E-state index contributed by atoms with van der Waals surface area (Å²) in [6.07, 6.45) is 2.75. The smallest absolute Gasteiger partial charge is 0.153 e. The maximum absolute atomic E-state index is 8.78. The van der Waals surface area contributed by atoms with Crippen molar-refractivity contribution in [2.45, 2.75) is 0 Å². The van der Waals surface area contributed by atoms with Crippen molar-refractivity contribution < 1.29 is 7.16 Å². The van der Waals surface area contributed by atoms with Gasteiger partial charge in [0.25, 0.3) is 0 Å². The first-order valence-electron chi connectivity index (χ1n) is 6.97. The molecular formula is C16H8N4O. The van der Waals surface area contributed by atoms with Gasteiger partial charge in [0, 0.05) is 12.4 Å². The average molecular weight is 274 g/mol. The number of pyridine rings is 2. The molecular weight excluding hydrogens is 264 g/mol. The van der Waals surface area contributed by atoms with Crippen LogP contribution in [0.2, 0.25) is 0 Å². The third-order valence-electron chi connectivity index (χ3n) is 2.74. The maximum Gasteiger partial charge on any atom is 0.153 e. The summed E-state index contributed by atoms with van der Waals surface area (Å²) in [5.74, 6) is 0.279. The molecule has 0 amide bonds. The van der Waals surface area contributed by atoms with Crippen LogP contribution in [-0.4, -0.2) is 9.97 Å². The number of furan rings is 1. The standard InChI is InChI=1S/C16H8N4O/c17-7-11-1-3-13(19-9-11)15-5-6-16(21-15)14-4-2-12(8-18)10-20-14/h1-6,9-10H/i5D,6D. The number of nitrogens with zero attached hydrogens (tertiary/aromatic N) is 4. The van der Waals surface area contributed by atoms with E-state index in [1.54, 1.807) is 24.3 Å². The summed E-state index contributed by atoms with van der Waals surface area (Å²) in [6.45, 7) is 0. The van der Waals surface area contributed by atoms with E-state index < -0.39 is 0 Å². The fourth-order valence-electron chi connectivity index (χ4n) is 1.69. The highest BCUT2D eigenvalue weighted by Crippen LogP contribution is 2.26. The molecule has 0 fully saturated rings. The van der Waals surface area contributed by atoms with Crippen molar-refractivity contribution in [3.63, 3.8) is 0 Å². The van der Waals surface area contributed by atoms with E-state index in [0.717, 1.165) is 0 Å². The summed E-state index contributed by atoms with van der Waals surface area (Å²) in [5.41, 5.74) is 1.52. The van der Waals surface area contributed by atoms with E-state index in [1.165, 1.54) is 12.4 Å². The molecule has 0 aliphatic carbocycles. The molecule has 0 saturated carbocycles. The van der Waals surface area contributed by atoms with Crippen molar-refractivity contribution in [1.29, 1.82) is 10.5 Å². The van der Waals surface area contributed by atoms with Gasteiger partial charge in [-0.3, -0.25) is 9.97 Å². The normalized spacial score (nSPS) is 11.1. The quantitative estimate of drug-likeness (QED) is 0.716. The summed E-state index contributed by atoms with van der Waals surface area (Å²) in [7, 11) is 0. The van der Waals surface area contributed by atoms with Crippen LogP contribution in [0, 0.1) is 22.7 Å². The van der Waals surface area contributed by atoms with Gasteiger partial charge in [0.15, 0.2) is 11.5 Å². The Hall–Kier alpha value is -3.44. The van der Waals surface area contributed by atoms with E-state index in [9.17, 15) is 0 Å². The van der Waals surface area contributed by atoms with E-state index in [1.807, 2.05) is 12.1 Å². The minimum Gasteiger partial charge on any atom is -0.453 e. The number of hydrogen-bond donors (Lipinski definition) is 0. The summed E-state index contributed by atoms with van der Waals surface area (Å²) in [4.78, 5) is 8.15. The highest BCUT2D eigenvalue weighted by atomic mass is 16.3. The van der Waals surface area contributed by atoms with Gasteiger partial charge < -0.3 is 4.42 Å². The first-order valence-corrected chi connectivity index (χ1v) is 5.97. The van der Waals surface area contributed by atoms with Crippen LogP contribution in [0.3, 0.4) is 0 Å². The molecule has 0 unspecified atom stereocenters. The van der Waals surface area contributed by atoms with Gasteiger partial charge >= 0.3 is 0 Å². The molecule has 3 heterocycles. The van der Waals surface area contributed by atoms with Crippen LogP contribution in [0.15, 0.2) is 53.2 Å². The first kappa shape index (κ1) is 10.4. The molecule has 0 aromatic carbocycles. The fraction of sp³-hybridized carbons (Fsp3) is 0. The van der Waals surface area contributed by atoms with E-state index in [-0.39, 0.29) is 23.6 Å². The van der Waals surface area contributed by atoms with E-state index >= 15 is 0 Å². The van der Waals surface area contributed by atoms with Crippen molar-refractivity contribution in [2.75, 3.05) is 0 Å². The van der Waals surface area contributed by atoms with E-state index in [4.69, 9.17) is 17.7 Å². The Kier molecular flexibility index (Phi) is 2.60. The van der Waals surface area contributed by atoms with Gasteiger partial charge in [-0.25, -0.2) is 0 Å². The van der Waals surface area contributed by atoms with Crippen LogP contribution in [0.4, 0.5) is 0 Å². The Bertz CT molecular complexity index is 870. The second-order valence-electron chi connectivity index (χ2n) is 4.10. The minimum absolute atomic E-state index is 0.108. The Morgan fingerprint density at radius 1 is 0.857 bits per heavy atom. The van der Waals surface area contributed by atoms with Crippen molar-refractivity contribution >= 4 is 0 Å². The van der Waals surface area contributed by atoms with Gasteiger partial charge in [0.1, 0.15) is 23.5 Å². The molecule has 3 aromatic heterocycles. The topological polar surface area (TPSA) is 86.5 Å². The van der Waals surface area contributed by atoms with Gasteiger partial charge in [0.2, 0.25) is 0 Å². The molecule has 21 heavy (non-hydrogen) atoms. The third-order valence-corrected chi connectivity index (χ3v) is 2.74. The molecule has 0 aliphatic rings. The zero-order valence-corrected chi connectivity index (χ0v) is 10.7. The third kappa shape index (κ3) is 2.49. The Balaban J connectivity index is 2.07. The molecule has 3 aromatic rings. The molecule has 0 spiro atoms. The number of hydrogen-bond acceptors (Lipinski definition) is 5. The highest BCUT2D eigenvalue weighted by Gasteiger charge is 2.09. The maximum atomic E-state index is 8.78. The molecule has 5 heteroatoms. The molecule has 3 rings (SSSR count). The lowest BCUT2D eigenvalue weighted by molar-refractivity contribution is 0.592. The molecule has 0 atom stereocenters. The molecule has 0 N–H and O–H groups in total. The first-order chi connectivity index (χ1) is 11.1.